The molecule has 1 aliphatic heterocycles. The Morgan fingerprint density at radius 2 is 1.89 bits per heavy atom. The van der Waals surface area contributed by atoms with E-state index >= 15 is 0 Å². The van der Waals surface area contributed by atoms with Crippen LogP contribution in [0.15, 0.2) is 0 Å². The van der Waals surface area contributed by atoms with Crippen LogP contribution in [0.1, 0.15) is 59.8 Å². The summed E-state index contributed by atoms with van der Waals surface area (Å²) in [5, 5.41) is 10.6. The maximum Gasteiger partial charge on any atom is 0.225 e. The number of amides is 1. The van der Waals surface area contributed by atoms with Gasteiger partial charge in [-0.2, -0.15) is 0 Å². The summed E-state index contributed by atoms with van der Waals surface area (Å²) in [5.74, 6) is 0.0621. The van der Waals surface area contributed by atoms with Gasteiger partial charge in [-0.15, -0.1) is 0 Å². The summed E-state index contributed by atoms with van der Waals surface area (Å²) in [7, 11) is 0. The third kappa shape index (κ3) is 4.46. The molecule has 1 aliphatic rings. The van der Waals surface area contributed by atoms with Gasteiger partial charge in [-0.3, -0.25) is 4.79 Å². The SMILES string of the molecule is CCCC(O)(CCC)CC(=O)N1CCOC(C)C1C. The van der Waals surface area contributed by atoms with Crippen molar-refractivity contribution in [2.24, 2.45) is 0 Å². The van der Waals surface area contributed by atoms with E-state index in [0.717, 1.165) is 12.8 Å². The topological polar surface area (TPSA) is 49.8 Å². The van der Waals surface area contributed by atoms with Crippen LogP contribution in [0.25, 0.3) is 0 Å². The molecule has 0 aromatic rings. The Balaban J connectivity index is 2.65. The molecule has 0 bridgehead atoms. The van der Waals surface area contributed by atoms with Gasteiger partial charge in [0.1, 0.15) is 0 Å². The Labute approximate surface area is 117 Å². The Kier molecular flexibility index (Phi) is 6.27. The zero-order chi connectivity index (χ0) is 14.5. The molecule has 1 fully saturated rings. The number of hydrogen-bond donors (Lipinski definition) is 1. The Bertz CT molecular complexity index is 287. The number of hydrogen-bond acceptors (Lipinski definition) is 3. The summed E-state index contributed by atoms with van der Waals surface area (Å²) in [5.41, 5.74) is -0.832. The molecular weight excluding hydrogens is 242 g/mol. The fraction of sp³-hybridized carbons (Fsp3) is 0.933. The lowest BCUT2D eigenvalue weighted by molar-refractivity contribution is -0.149. The highest BCUT2D eigenvalue weighted by Gasteiger charge is 2.34. The minimum atomic E-state index is -0.832. The minimum Gasteiger partial charge on any atom is -0.389 e. The average molecular weight is 271 g/mol. The Morgan fingerprint density at radius 1 is 1.32 bits per heavy atom. The molecule has 19 heavy (non-hydrogen) atoms. The third-order valence-electron chi connectivity index (χ3n) is 4.12. The van der Waals surface area contributed by atoms with Crippen LogP contribution >= 0.6 is 0 Å². The smallest absolute Gasteiger partial charge is 0.225 e. The van der Waals surface area contributed by atoms with E-state index in [-0.39, 0.29) is 24.5 Å². The van der Waals surface area contributed by atoms with Gasteiger partial charge in [0.2, 0.25) is 5.91 Å². The molecule has 0 aliphatic carbocycles. The van der Waals surface area contributed by atoms with Crippen molar-refractivity contribution >= 4 is 5.91 Å². The van der Waals surface area contributed by atoms with Crippen LogP contribution < -0.4 is 0 Å². The molecule has 1 heterocycles. The van der Waals surface area contributed by atoms with Gasteiger partial charge in [-0.05, 0) is 26.7 Å². The molecule has 0 radical (unpaired) electrons. The standard InChI is InChI=1S/C15H29NO3/c1-5-7-15(18,8-6-2)11-14(17)16-9-10-19-13(4)12(16)3/h12-13,18H,5-11H2,1-4H3. The number of morpholine rings is 1. The summed E-state index contributed by atoms with van der Waals surface area (Å²) in [6, 6.07) is 0.0914. The fourth-order valence-corrected chi connectivity index (χ4v) is 2.90. The largest absolute Gasteiger partial charge is 0.389 e. The molecule has 4 nitrogen and oxygen atoms in total. The van der Waals surface area contributed by atoms with E-state index in [1.807, 2.05) is 32.6 Å². The Morgan fingerprint density at radius 3 is 2.42 bits per heavy atom. The van der Waals surface area contributed by atoms with Gasteiger partial charge in [0, 0.05) is 6.54 Å². The van der Waals surface area contributed by atoms with Crippen LogP contribution in [0.3, 0.4) is 0 Å². The predicted molar refractivity (Wildman–Crippen MR) is 76.0 cm³/mol. The van der Waals surface area contributed by atoms with Gasteiger partial charge >= 0.3 is 0 Å². The van der Waals surface area contributed by atoms with Crippen molar-refractivity contribution in [1.82, 2.24) is 4.90 Å². The normalized spacial score (nSPS) is 24.6. The molecule has 1 rings (SSSR count). The fourth-order valence-electron chi connectivity index (χ4n) is 2.90. The molecule has 112 valence electrons. The van der Waals surface area contributed by atoms with Crippen molar-refractivity contribution in [3.63, 3.8) is 0 Å². The lowest BCUT2D eigenvalue weighted by atomic mass is 9.88. The number of carbonyl (C=O) groups is 1. The van der Waals surface area contributed by atoms with E-state index in [1.165, 1.54) is 0 Å². The molecule has 2 unspecified atom stereocenters. The molecule has 0 saturated carbocycles. The maximum absolute atomic E-state index is 12.4. The molecule has 1 amide bonds. The second-order valence-electron chi connectivity index (χ2n) is 5.80. The molecular formula is C15H29NO3. The number of rotatable bonds is 6. The van der Waals surface area contributed by atoms with E-state index in [4.69, 9.17) is 4.74 Å². The molecule has 4 heteroatoms. The summed E-state index contributed by atoms with van der Waals surface area (Å²) in [6.07, 6.45) is 3.51. The van der Waals surface area contributed by atoms with E-state index in [2.05, 4.69) is 0 Å². The van der Waals surface area contributed by atoms with Crippen molar-refractivity contribution in [2.75, 3.05) is 13.2 Å². The second-order valence-corrected chi connectivity index (χ2v) is 5.80. The van der Waals surface area contributed by atoms with Gasteiger partial charge in [0.25, 0.3) is 0 Å². The third-order valence-corrected chi connectivity index (χ3v) is 4.12. The first-order valence-corrected chi connectivity index (χ1v) is 7.57. The lowest BCUT2D eigenvalue weighted by Crippen LogP contribution is -2.52. The highest BCUT2D eigenvalue weighted by molar-refractivity contribution is 5.77. The first-order chi connectivity index (χ1) is 8.93. The summed E-state index contributed by atoms with van der Waals surface area (Å²) >= 11 is 0. The summed E-state index contributed by atoms with van der Waals surface area (Å²) in [4.78, 5) is 14.3. The highest BCUT2D eigenvalue weighted by Crippen LogP contribution is 2.26. The molecule has 1 N–H and O–H groups in total. The van der Waals surface area contributed by atoms with Crippen molar-refractivity contribution < 1.29 is 14.6 Å². The molecule has 0 spiro atoms. The van der Waals surface area contributed by atoms with E-state index in [0.29, 0.717) is 26.0 Å². The van der Waals surface area contributed by atoms with Crippen molar-refractivity contribution in [3.8, 4) is 0 Å². The molecule has 0 aromatic heterocycles. The molecule has 1 saturated heterocycles. The monoisotopic (exact) mass is 271 g/mol. The van der Waals surface area contributed by atoms with Gasteiger partial charge < -0.3 is 14.7 Å². The average Bonchev–Trinajstić information content (AvgIpc) is 2.32. The van der Waals surface area contributed by atoms with Crippen LogP contribution in [-0.2, 0) is 9.53 Å². The van der Waals surface area contributed by atoms with Gasteiger partial charge in [-0.1, -0.05) is 26.7 Å². The molecule has 2 atom stereocenters. The predicted octanol–water partition coefficient (Wildman–Crippen LogP) is 2.34. The number of ether oxygens (including phenoxy) is 1. The first kappa shape index (κ1) is 16.4. The minimum absolute atomic E-state index is 0.0621. The van der Waals surface area contributed by atoms with Gasteiger partial charge in [-0.25, -0.2) is 0 Å². The summed E-state index contributed by atoms with van der Waals surface area (Å²) in [6.45, 7) is 9.33. The van der Waals surface area contributed by atoms with Crippen LogP contribution in [-0.4, -0.2) is 46.8 Å². The number of carbonyl (C=O) groups excluding carboxylic acids is 1. The summed E-state index contributed by atoms with van der Waals surface area (Å²) < 4.78 is 5.54. The van der Waals surface area contributed by atoms with Crippen LogP contribution in [0.5, 0.6) is 0 Å². The first-order valence-electron chi connectivity index (χ1n) is 7.57. The zero-order valence-electron chi connectivity index (χ0n) is 12.8. The van der Waals surface area contributed by atoms with Gasteiger partial charge in [0.15, 0.2) is 0 Å². The number of aliphatic hydroxyl groups is 1. The lowest BCUT2D eigenvalue weighted by Gasteiger charge is -2.39. The van der Waals surface area contributed by atoms with E-state index in [9.17, 15) is 9.90 Å². The highest BCUT2D eigenvalue weighted by atomic mass is 16.5. The Hall–Kier alpha value is -0.610. The van der Waals surface area contributed by atoms with E-state index in [1.54, 1.807) is 0 Å². The zero-order valence-corrected chi connectivity index (χ0v) is 12.8. The van der Waals surface area contributed by atoms with Crippen LogP contribution in [0.2, 0.25) is 0 Å². The van der Waals surface area contributed by atoms with Crippen molar-refractivity contribution in [3.05, 3.63) is 0 Å². The van der Waals surface area contributed by atoms with Crippen molar-refractivity contribution in [1.29, 1.82) is 0 Å². The maximum atomic E-state index is 12.4. The quantitative estimate of drug-likeness (QED) is 0.806. The van der Waals surface area contributed by atoms with Crippen molar-refractivity contribution in [2.45, 2.75) is 77.5 Å². The van der Waals surface area contributed by atoms with E-state index < -0.39 is 5.60 Å². The second kappa shape index (κ2) is 7.25. The molecule has 0 aromatic carbocycles. The van der Waals surface area contributed by atoms with Gasteiger partial charge in [0.05, 0.1) is 30.8 Å². The van der Waals surface area contributed by atoms with Crippen LogP contribution in [0, 0.1) is 0 Å². The number of nitrogens with zero attached hydrogens (tertiary/aromatic N) is 1. The van der Waals surface area contributed by atoms with Crippen LogP contribution in [0.4, 0.5) is 0 Å².